The first-order chi connectivity index (χ1) is 14.3. The van der Waals surface area contributed by atoms with E-state index in [1.807, 2.05) is 24.3 Å². The molecule has 8 heteroatoms. The fourth-order valence-electron chi connectivity index (χ4n) is 3.72. The number of hydrogen-bond donors (Lipinski definition) is 2. The van der Waals surface area contributed by atoms with Gasteiger partial charge < -0.3 is 15.8 Å². The van der Waals surface area contributed by atoms with Gasteiger partial charge in [-0.05, 0) is 78.1 Å². The first kappa shape index (κ1) is 19.6. The first-order valence-corrected chi connectivity index (χ1v) is 9.70. The van der Waals surface area contributed by atoms with Crippen LogP contribution in [0.25, 0.3) is 0 Å². The van der Waals surface area contributed by atoms with Gasteiger partial charge in [0, 0.05) is 5.70 Å². The van der Waals surface area contributed by atoms with E-state index in [9.17, 15) is 4.79 Å². The highest BCUT2D eigenvalue weighted by atomic mass is 16.5. The molecule has 3 N–H and O–H groups in total. The quantitative estimate of drug-likeness (QED) is 0.677. The van der Waals surface area contributed by atoms with Crippen molar-refractivity contribution < 1.29 is 9.53 Å². The van der Waals surface area contributed by atoms with Crippen molar-refractivity contribution in [2.45, 2.75) is 40.3 Å². The van der Waals surface area contributed by atoms with Crippen molar-refractivity contribution in [1.82, 2.24) is 20.2 Å². The van der Waals surface area contributed by atoms with E-state index in [0.29, 0.717) is 23.8 Å². The third-order valence-electron chi connectivity index (χ3n) is 5.52. The van der Waals surface area contributed by atoms with Crippen LogP contribution in [-0.2, 0) is 11.4 Å². The number of allylic oxidation sites excluding steroid dienone is 1. The normalized spacial score (nSPS) is 15.5. The van der Waals surface area contributed by atoms with E-state index in [1.54, 1.807) is 11.6 Å². The second-order valence-corrected chi connectivity index (χ2v) is 7.60. The number of anilines is 1. The molecule has 0 bridgehead atoms. The second kappa shape index (κ2) is 7.62. The largest absolute Gasteiger partial charge is 0.489 e. The van der Waals surface area contributed by atoms with Gasteiger partial charge in [0.15, 0.2) is 0 Å². The van der Waals surface area contributed by atoms with Crippen molar-refractivity contribution in [2.75, 3.05) is 5.32 Å². The van der Waals surface area contributed by atoms with Crippen molar-refractivity contribution in [3.05, 3.63) is 75.5 Å². The van der Waals surface area contributed by atoms with E-state index < -0.39 is 11.9 Å². The summed E-state index contributed by atoms with van der Waals surface area (Å²) >= 11 is 0. The van der Waals surface area contributed by atoms with Gasteiger partial charge in [-0.2, -0.15) is 4.68 Å². The molecule has 2 heterocycles. The summed E-state index contributed by atoms with van der Waals surface area (Å²) in [5, 5.41) is 14.7. The molecule has 0 spiro atoms. The molecule has 1 atom stereocenters. The lowest BCUT2D eigenvalue weighted by Crippen LogP contribution is -2.31. The van der Waals surface area contributed by atoms with Crippen molar-refractivity contribution in [3.63, 3.8) is 0 Å². The summed E-state index contributed by atoms with van der Waals surface area (Å²) in [6.45, 7) is 8.58. The lowest BCUT2D eigenvalue weighted by Gasteiger charge is -2.26. The predicted octanol–water partition coefficient (Wildman–Crippen LogP) is 2.95. The first-order valence-electron chi connectivity index (χ1n) is 9.70. The van der Waals surface area contributed by atoms with Gasteiger partial charge in [-0.1, -0.05) is 29.4 Å². The van der Waals surface area contributed by atoms with Crippen LogP contribution in [0.15, 0.2) is 47.7 Å². The number of rotatable bonds is 5. The zero-order valence-corrected chi connectivity index (χ0v) is 17.4. The number of amides is 1. The number of benzene rings is 2. The predicted molar refractivity (Wildman–Crippen MR) is 113 cm³/mol. The Labute approximate surface area is 174 Å². The Balaban J connectivity index is 1.58. The van der Waals surface area contributed by atoms with E-state index in [1.165, 1.54) is 16.7 Å². The molecule has 0 radical (unpaired) electrons. The number of ether oxygens (including phenoxy) is 1. The number of primary amides is 1. The molecule has 0 saturated heterocycles. The molecule has 30 heavy (non-hydrogen) atoms. The summed E-state index contributed by atoms with van der Waals surface area (Å²) in [4.78, 5) is 12.1. The maximum absolute atomic E-state index is 12.1. The third-order valence-corrected chi connectivity index (χ3v) is 5.52. The lowest BCUT2D eigenvalue weighted by molar-refractivity contribution is -0.115. The topological polar surface area (TPSA) is 108 Å². The molecule has 154 valence electrons. The third kappa shape index (κ3) is 3.52. The molecule has 1 amide bonds. The standard InChI is InChI=1S/C22H24N6O2/c1-12-9-14(3)17(10-13(12)2)11-30-18-7-5-16(6-8-18)20-19(21(23)29)15(4)24-22-25-26-27-28(20)22/h5-10,20H,11H2,1-4H3,(H2,23,29)(H,24,25,27). The number of tetrazole rings is 1. The van der Waals surface area contributed by atoms with E-state index in [-0.39, 0.29) is 0 Å². The van der Waals surface area contributed by atoms with Crippen molar-refractivity contribution in [3.8, 4) is 5.75 Å². The minimum atomic E-state index is -0.517. The lowest BCUT2D eigenvalue weighted by atomic mass is 9.95. The van der Waals surface area contributed by atoms with Crippen LogP contribution in [0.1, 0.15) is 40.8 Å². The number of nitrogens with zero attached hydrogens (tertiary/aromatic N) is 4. The highest BCUT2D eigenvalue weighted by Gasteiger charge is 2.32. The molecule has 4 rings (SSSR count). The van der Waals surface area contributed by atoms with Gasteiger partial charge in [-0.15, -0.1) is 0 Å². The zero-order valence-electron chi connectivity index (χ0n) is 17.4. The zero-order chi connectivity index (χ0) is 21.4. The molecular formula is C22H24N6O2. The van der Waals surface area contributed by atoms with Crippen LogP contribution in [0.2, 0.25) is 0 Å². The Morgan fingerprint density at radius 3 is 2.50 bits per heavy atom. The summed E-state index contributed by atoms with van der Waals surface area (Å²) in [5.41, 5.74) is 12.4. The van der Waals surface area contributed by atoms with Crippen LogP contribution in [-0.4, -0.2) is 26.1 Å². The minimum Gasteiger partial charge on any atom is -0.489 e. The number of aryl methyl sites for hydroxylation is 3. The smallest absolute Gasteiger partial charge is 0.248 e. The maximum atomic E-state index is 12.1. The minimum absolute atomic E-state index is 0.425. The molecule has 1 aromatic heterocycles. The summed E-state index contributed by atoms with van der Waals surface area (Å²) in [5.74, 6) is 0.688. The van der Waals surface area contributed by atoms with E-state index >= 15 is 0 Å². The van der Waals surface area contributed by atoms with Gasteiger partial charge in [0.2, 0.25) is 11.9 Å². The highest BCUT2D eigenvalue weighted by Crippen LogP contribution is 2.34. The van der Waals surface area contributed by atoms with Crippen LogP contribution in [0.3, 0.4) is 0 Å². The Morgan fingerprint density at radius 2 is 1.80 bits per heavy atom. The van der Waals surface area contributed by atoms with Crippen molar-refractivity contribution >= 4 is 11.9 Å². The average Bonchev–Trinajstić information content (AvgIpc) is 3.17. The average molecular weight is 404 g/mol. The van der Waals surface area contributed by atoms with E-state index in [0.717, 1.165) is 16.9 Å². The summed E-state index contributed by atoms with van der Waals surface area (Å²) in [7, 11) is 0. The number of fused-ring (bicyclic) bond motifs is 1. The molecule has 3 aromatic rings. The van der Waals surface area contributed by atoms with Gasteiger partial charge >= 0.3 is 0 Å². The molecular weight excluding hydrogens is 380 g/mol. The van der Waals surface area contributed by atoms with Gasteiger partial charge in [0.1, 0.15) is 18.4 Å². The Hall–Kier alpha value is -3.68. The van der Waals surface area contributed by atoms with Gasteiger partial charge in [0.25, 0.3) is 0 Å². The molecule has 1 unspecified atom stereocenters. The van der Waals surface area contributed by atoms with Crippen molar-refractivity contribution in [2.24, 2.45) is 5.73 Å². The van der Waals surface area contributed by atoms with Gasteiger partial charge in [-0.3, -0.25) is 4.79 Å². The molecule has 8 nitrogen and oxygen atoms in total. The summed E-state index contributed by atoms with van der Waals surface area (Å²) in [6.07, 6.45) is 0. The fraction of sp³-hybridized carbons (Fsp3) is 0.273. The van der Waals surface area contributed by atoms with E-state index in [2.05, 4.69) is 53.7 Å². The Kier molecular flexibility index (Phi) is 4.99. The summed E-state index contributed by atoms with van der Waals surface area (Å²) in [6, 6.07) is 11.4. The summed E-state index contributed by atoms with van der Waals surface area (Å²) < 4.78 is 7.55. The Bertz CT molecular complexity index is 1150. The highest BCUT2D eigenvalue weighted by molar-refractivity contribution is 5.95. The van der Waals surface area contributed by atoms with Crippen molar-refractivity contribution in [1.29, 1.82) is 0 Å². The fourth-order valence-corrected chi connectivity index (χ4v) is 3.72. The molecule has 0 aliphatic carbocycles. The number of carbonyl (C=O) groups is 1. The molecule has 1 aliphatic heterocycles. The van der Waals surface area contributed by atoms with Gasteiger partial charge in [-0.25, -0.2) is 0 Å². The number of nitrogens with one attached hydrogen (secondary N) is 1. The molecule has 1 aliphatic rings. The van der Waals surface area contributed by atoms with Crippen LogP contribution in [0, 0.1) is 20.8 Å². The van der Waals surface area contributed by atoms with Crippen LogP contribution < -0.4 is 15.8 Å². The van der Waals surface area contributed by atoms with Crippen LogP contribution in [0.4, 0.5) is 5.95 Å². The Morgan fingerprint density at radius 1 is 1.10 bits per heavy atom. The monoisotopic (exact) mass is 404 g/mol. The van der Waals surface area contributed by atoms with Gasteiger partial charge in [0.05, 0.1) is 5.57 Å². The molecule has 0 fully saturated rings. The number of nitrogens with two attached hydrogens (primary N) is 1. The molecule has 0 saturated carbocycles. The SMILES string of the molecule is CC1=C(C(N)=O)C(c2ccc(OCc3cc(C)c(C)cc3C)cc2)n2nnnc2N1. The maximum Gasteiger partial charge on any atom is 0.248 e. The van der Waals surface area contributed by atoms with E-state index in [4.69, 9.17) is 10.5 Å². The number of aromatic nitrogens is 4. The number of carbonyl (C=O) groups excluding carboxylic acids is 1. The molecule has 2 aromatic carbocycles. The second-order valence-electron chi connectivity index (χ2n) is 7.60. The van der Waals surface area contributed by atoms with Crippen LogP contribution in [0.5, 0.6) is 5.75 Å². The number of hydrogen-bond acceptors (Lipinski definition) is 6. The van der Waals surface area contributed by atoms with Crippen LogP contribution >= 0.6 is 0 Å².